The topological polar surface area (TPSA) is 73.3 Å². The molecule has 0 fully saturated rings. The molecule has 0 atom stereocenters. The second kappa shape index (κ2) is 11.3. The summed E-state index contributed by atoms with van der Waals surface area (Å²) in [6, 6.07) is 19.9. The molecule has 0 spiro atoms. The van der Waals surface area contributed by atoms with Crippen LogP contribution in [0, 0.1) is 6.92 Å². The zero-order chi connectivity index (χ0) is 25.8. The van der Waals surface area contributed by atoms with Crippen LogP contribution in [0.5, 0.6) is 11.5 Å². The number of hydrogen-bond donors (Lipinski definition) is 1. The van der Waals surface area contributed by atoms with E-state index < -0.39 is 0 Å². The Hall–Kier alpha value is -3.40. The first-order valence-corrected chi connectivity index (χ1v) is 14.2. The van der Waals surface area contributed by atoms with Crippen LogP contribution in [0.4, 0.5) is 5.69 Å². The van der Waals surface area contributed by atoms with Crippen molar-refractivity contribution >= 4 is 56.2 Å². The highest BCUT2D eigenvalue weighted by Gasteiger charge is 2.11. The third kappa shape index (κ3) is 6.30. The normalized spacial score (nSPS) is 11.0. The highest BCUT2D eigenvalue weighted by atomic mass is 32.2. The third-order valence-corrected chi connectivity index (χ3v) is 8.81. The number of ether oxygens (including phenoxy) is 2. The zero-order valence-electron chi connectivity index (χ0n) is 20.6. The minimum Gasteiger partial charge on any atom is -0.497 e. The summed E-state index contributed by atoms with van der Waals surface area (Å²) >= 11 is 4.84. The summed E-state index contributed by atoms with van der Waals surface area (Å²) in [6.07, 6.45) is 0.225. The highest BCUT2D eigenvalue weighted by molar-refractivity contribution is 8.00. The van der Waals surface area contributed by atoms with E-state index in [9.17, 15) is 4.79 Å². The molecule has 188 valence electrons. The van der Waals surface area contributed by atoms with Crippen LogP contribution in [0.3, 0.4) is 0 Å². The summed E-state index contributed by atoms with van der Waals surface area (Å²) in [4.78, 5) is 22.0. The Morgan fingerprint density at radius 2 is 1.73 bits per heavy atom. The molecule has 0 aliphatic heterocycles. The molecule has 1 N–H and O–H groups in total. The van der Waals surface area contributed by atoms with Gasteiger partial charge in [-0.2, -0.15) is 0 Å². The fourth-order valence-electron chi connectivity index (χ4n) is 3.75. The van der Waals surface area contributed by atoms with Crippen LogP contribution < -0.4 is 14.8 Å². The van der Waals surface area contributed by atoms with Gasteiger partial charge in [0, 0.05) is 28.5 Å². The van der Waals surface area contributed by atoms with Gasteiger partial charge in [0.2, 0.25) is 5.91 Å². The van der Waals surface area contributed by atoms with Crippen molar-refractivity contribution in [1.29, 1.82) is 0 Å². The Kier molecular flexibility index (Phi) is 7.73. The second-order valence-electron chi connectivity index (χ2n) is 8.41. The molecule has 5 aromatic rings. The van der Waals surface area contributed by atoms with Gasteiger partial charge in [0.15, 0.2) is 0 Å². The number of thiazole rings is 2. The number of methoxy groups -OCH3 is 2. The first-order valence-electron chi connectivity index (χ1n) is 11.6. The van der Waals surface area contributed by atoms with Gasteiger partial charge in [-0.3, -0.25) is 4.79 Å². The average molecular weight is 548 g/mol. The lowest BCUT2D eigenvalue weighted by Crippen LogP contribution is -2.14. The molecule has 0 unspecified atom stereocenters. The molecule has 3 aromatic carbocycles. The van der Waals surface area contributed by atoms with Crippen molar-refractivity contribution in [3.05, 3.63) is 82.9 Å². The van der Waals surface area contributed by atoms with Crippen LogP contribution in [0.15, 0.2) is 70.4 Å². The minimum absolute atomic E-state index is 0.0948. The fraction of sp³-hybridized carbons (Fsp3) is 0.179. The van der Waals surface area contributed by atoms with Gasteiger partial charge in [-0.05, 0) is 66.6 Å². The van der Waals surface area contributed by atoms with E-state index in [0.29, 0.717) is 0 Å². The number of nitrogens with one attached hydrogen (secondary N) is 1. The number of amides is 1. The molecule has 9 heteroatoms. The minimum atomic E-state index is -0.0948. The predicted molar refractivity (Wildman–Crippen MR) is 153 cm³/mol. The van der Waals surface area contributed by atoms with Crippen molar-refractivity contribution in [3.8, 4) is 22.1 Å². The molecule has 2 aromatic heterocycles. The van der Waals surface area contributed by atoms with Crippen molar-refractivity contribution in [3.63, 3.8) is 0 Å². The average Bonchev–Trinajstić information content (AvgIpc) is 3.54. The number of rotatable bonds is 9. The number of anilines is 1. The molecule has 2 heterocycles. The maximum absolute atomic E-state index is 12.6. The van der Waals surface area contributed by atoms with Crippen molar-refractivity contribution in [2.24, 2.45) is 0 Å². The van der Waals surface area contributed by atoms with Crippen LogP contribution in [-0.4, -0.2) is 30.1 Å². The molecular formula is C28H25N3O3S3. The SMILES string of the molecule is COc1cc(CSc2nc(CC(=O)Nc3ccc(-c4nc5ccc(C)cc5s4)cc3)cs2)cc(OC)c1. The maximum atomic E-state index is 12.6. The molecule has 37 heavy (non-hydrogen) atoms. The molecule has 0 saturated carbocycles. The van der Waals surface area contributed by atoms with Crippen LogP contribution in [0.1, 0.15) is 16.8 Å². The van der Waals surface area contributed by atoms with Gasteiger partial charge in [-0.25, -0.2) is 9.97 Å². The monoisotopic (exact) mass is 547 g/mol. The Labute approximate surface area is 227 Å². The largest absolute Gasteiger partial charge is 0.497 e. The predicted octanol–water partition coefficient (Wildman–Crippen LogP) is 7.22. The van der Waals surface area contributed by atoms with Gasteiger partial charge < -0.3 is 14.8 Å². The molecule has 0 saturated heterocycles. The quantitative estimate of drug-likeness (QED) is 0.196. The van der Waals surface area contributed by atoms with Crippen molar-refractivity contribution < 1.29 is 14.3 Å². The van der Waals surface area contributed by atoms with Gasteiger partial charge >= 0.3 is 0 Å². The standard InChI is InChI=1S/C28H25N3O3S3/c1-17-4-9-24-25(10-17)37-27(31-24)19-5-7-20(8-6-19)29-26(32)13-21-16-36-28(30-21)35-15-18-11-22(33-2)14-23(12-18)34-3/h4-12,14,16H,13,15H2,1-3H3,(H,29,32). The first kappa shape index (κ1) is 25.3. The van der Waals surface area contributed by atoms with Crippen LogP contribution >= 0.6 is 34.4 Å². The number of hydrogen-bond acceptors (Lipinski definition) is 8. The van der Waals surface area contributed by atoms with E-state index >= 15 is 0 Å². The molecule has 0 aliphatic carbocycles. The number of nitrogens with zero attached hydrogens (tertiary/aromatic N) is 2. The number of benzene rings is 3. The van der Waals surface area contributed by atoms with Gasteiger partial charge in [0.05, 0.1) is 36.6 Å². The molecule has 1 amide bonds. The smallest absolute Gasteiger partial charge is 0.230 e. The maximum Gasteiger partial charge on any atom is 0.230 e. The molecule has 0 radical (unpaired) electrons. The Bertz CT molecular complexity index is 1520. The number of carbonyl (C=O) groups excluding carboxylic acids is 1. The van der Waals surface area contributed by atoms with Crippen LogP contribution in [0.25, 0.3) is 20.8 Å². The number of thioether (sulfide) groups is 1. The van der Waals surface area contributed by atoms with E-state index in [2.05, 4.69) is 35.4 Å². The zero-order valence-corrected chi connectivity index (χ0v) is 23.1. The summed E-state index contributed by atoms with van der Waals surface area (Å²) in [7, 11) is 3.28. The number of carbonyl (C=O) groups is 1. The van der Waals surface area contributed by atoms with Gasteiger partial charge in [0.25, 0.3) is 0 Å². The lowest BCUT2D eigenvalue weighted by atomic mass is 10.2. The summed E-state index contributed by atoms with van der Waals surface area (Å²) < 4.78 is 12.8. The van der Waals surface area contributed by atoms with E-state index in [1.165, 1.54) is 10.3 Å². The third-order valence-electron chi connectivity index (χ3n) is 5.61. The van der Waals surface area contributed by atoms with E-state index in [4.69, 9.17) is 14.5 Å². The van der Waals surface area contributed by atoms with Crippen LogP contribution in [-0.2, 0) is 17.0 Å². The van der Waals surface area contributed by atoms with Gasteiger partial charge in [-0.15, -0.1) is 22.7 Å². The van der Waals surface area contributed by atoms with Crippen molar-refractivity contribution in [2.45, 2.75) is 23.4 Å². The van der Waals surface area contributed by atoms with Crippen LogP contribution in [0.2, 0.25) is 0 Å². The number of fused-ring (bicyclic) bond motifs is 1. The fourth-order valence-corrected chi connectivity index (χ4v) is 6.60. The second-order valence-corrected chi connectivity index (χ2v) is 11.5. The Balaban J connectivity index is 1.16. The highest BCUT2D eigenvalue weighted by Crippen LogP contribution is 2.32. The lowest BCUT2D eigenvalue weighted by molar-refractivity contribution is -0.115. The summed E-state index contributed by atoms with van der Waals surface area (Å²) in [6.45, 7) is 2.08. The summed E-state index contributed by atoms with van der Waals surface area (Å²) in [5, 5.41) is 5.88. The van der Waals surface area contributed by atoms with Gasteiger partial charge in [-0.1, -0.05) is 17.8 Å². The van der Waals surface area contributed by atoms with Crippen molar-refractivity contribution in [2.75, 3.05) is 19.5 Å². The van der Waals surface area contributed by atoms with E-state index in [1.54, 1.807) is 48.7 Å². The molecule has 0 bridgehead atoms. The molecular weight excluding hydrogens is 523 g/mol. The summed E-state index contributed by atoms with van der Waals surface area (Å²) in [5.41, 5.74) is 5.86. The Morgan fingerprint density at radius 1 is 0.973 bits per heavy atom. The molecule has 5 rings (SSSR count). The summed E-state index contributed by atoms with van der Waals surface area (Å²) in [5.74, 6) is 2.15. The Morgan fingerprint density at radius 3 is 2.46 bits per heavy atom. The van der Waals surface area contributed by atoms with E-state index in [0.717, 1.165) is 54.6 Å². The first-order chi connectivity index (χ1) is 18.0. The van der Waals surface area contributed by atoms with Gasteiger partial charge in [0.1, 0.15) is 20.8 Å². The number of aryl methyl sites for hydroxylation is 1. The molecule has 6 nitrogen and oxygen atoms in total. The molecule has 0 aliphatic rings. The number of aromatic nitrogens is 2. The van der Waals surface area contributed by atoms with E-state index in [1.807, 2.05) is 47.8 Å². The van der Waals surface area contributed by atoms with E-state index in [-0.39, 0.29) is 12.3 Å². The van der Waals surface area contributed by atoms with Crippen molar-refractivity contribution in [1.82, 2.24) is 9.97 Å². The lowest BCUT2D eigenvalue weighted by Gasteiger charge is -2.07.